The average molecular weight is 287 g/mol. The number of aryl methyl sites for hydroxylation is 1. The first-order valence-electron chi connectivity index (χ1n) is 8.33. The number of hydrogen-bond acceptors (Lipinski definition) is 2. The van der Waals surface area contributed by atoms with Crippen LogP contribution in [0.2, 0.25) is 0 Å². The normalized spacial score (nSPS) is 13.2. The minimum absolute atomic E-state index is 0.550. The molecule has 0 amide bonds. The van der Waals surface area contributed by atoms with Crippen LogP contribution in [0.25, 0.3) is 10.9 Å². The van der Waals surface area contributed by atoms with E-state index >= 15 is 0 Å². The zero-order valence-electron chi connectivity index (χ0n) is 13.9. The number of rotatable bonds is 8. The summed E-state index contributed by atoms with van der Waals surface area (Å²) in [4.78, 5) is 0. The van der Waals surface area contributed by atoms with Crippen molar-refractivity contribution in [3.63, 3.8) is 0 Å². The Morgan fingerprint density at radius 2 is 1.95 bits per heavy atom. The Labute approximate surface area is 128 Å². The van der Waals surface area contributed by atoms with Gasteiger partial charge in [0.25, 0.3) is 0 Å². The maximum Gasteiger partial charge on any atom is 0.0706 e. The van der Waals surface area contributed by atoms with Gasteiger partial charge in [-0.05, 0) is 38.3 Å². The molecule has 0 aliphatic carbocycles. The van der Waals surface area contributed by atoms with E-state index in [1.54, 1.807) is 0 Å². The Bertz CT molecular complexity index is 557. The fourth-order valence-corrected chi connectivity index (χ4v) is 2.95. The third kappa shape index (κ3) is 4.07. The van der Waals surface area contributed by atoms with Crippen molar-refractivity contribution in [1.82, 2.24) is 15.1 Å². The second-order valence-electron chi connectivity index (χ2n) is 6.20. The zero-order chi connectivity index (χ0) is 15.2. The Hall–Kier alpha value is -1.35. The van der Waals surface area contributed by atoms with Gasteiger partial charge in [-0.25, -0.2) is 0 Å². The van der Waals surface area contributed by atoms with Crippen LogP contribution in [0.3, 0.4) is 0 Å². The topological polar surface area (TPSA) is 29.9 Å². The van der Waals surface area contributed by atoms with Crippen molar-refractivity contribution in [2.75, 3.05) is 6.54 Å². The third-order valence-corrected chi connectivity index (χ3v) is 4.03. The highest BCUT2D eigenvalue weighted by Gasteiger charge is 2.15. The molecule has 2 aromatic rings. The van der Waals surface area contributed by atoms with Crippen LogP contribution >= 0.6 is 0 Å². The fraction of sp³-hybridized carbons (Fsp3) is 0.611. The van der Waals surface area contributed by atoms with Gasteiger partial charge in [0.15, 0.2) is 0 Å². The van der Waals surface area contributed by atoms with Crippen LogP contribution in [-0.4, -0.2) is 22.4 Å². The van der Waals surface area contributed by atoms with E-state index in [0.29, 0.717) is 12.0 Å². The van der Waals surface area contributed by atoms with Crippen LogP contribution in [0.4, 0.5) is 0 Å². The summed E-state index contributed by atoms with van der Waals surface area (Å²) in [7, 11) is 0. The molecule has 1 aromatic carbocycles. The molecule has 1 N–H and O–H groups in total. The second-order valence-corrected chi connectivity index (χ2v) is 6.20. The van der Waals surface area contributed by atoms with Gasteiger partial charge in [0, 0.05) is 18.0 Å². The van der Waals surface area contributed by atoms with Crippen molar-refractivity contribution < 1.29 is 0 Å². The van der Waals surface area contributed by atoms with Crippen LogP contribution in [0.5, 0.6) is 0 Å². The van der Waals surface area contributed by atoms with Crippen molar-refractivity contribution in [1.29, 1.82) is 0 Å². The number of aromatic nitrogens is 2. The van der Waals surface area contributed by atoms with E-state index in [0.717, 1.165) is 19.5 Å². The quantitative estimate of drug-likeness (QED) is 0.795. The summed E-state index contributed by atoms with van der Waals surface area (Å²) >= 11 is 0. The zero-order valence-corrected chi connectivity index (χ0v) is 13.9. The summed E-state index contributed by atoms with van der Waals surface area (Å²) in [5.74, 6) is 0.668. The van der Waals surface area contributed by atoms with Crippen molar-refractivity contribution in [2.45, 2.75) is 59.5 Å². The summed E-state index contributed by atoms with van der Waals surface area (Å²) in [5.41, 5.74) is 2.53. The van der Waals surface area contributed by atoms with Crippen molar-refractivity contribution in [2.24, 2.45) is 5.92 Å². The van der Waals surface area contributed by atoms with E-state index in [9.17, 15) is 0 Å². The van der Waals surface area contributed by atoms with Crippen LogP contribution in [-0.2, 0) is 13.0 Å². The summed E-state index contributed by atoms with van der Waals surface area (Å²) in [6.07, 6.45) is 3.56. The number of nitrogens with zero attached hydrogens (tertiary/aromatic N) is 2. The van der Waals surface area contributed by atoms with Crippen LogP contribution in [0.15, 0.2) is 24.3 Å². The van der Waals surface area contributed by atoms with Crippen molar-refractivity contribution >= 4 is 10.9 Å². The van der Waals surface area contributed by atoms with Crippen LogP contribution in [0.1, 0.15) is 46.2 Å². The first-order chi connectivity index (χ1) is 10.2. The number of nitrogens with one attached hydrogen (secondary N) is 1. The first kappa shape index (κ1) is 16.0. The van der Waals surface area contributed by atoms with E-state index in [1.165, 1.54) is 29.4 Å². The number of fused-ring (bicyclic) bond motifs is 1. The van der Waals surface area contributed by atoms with E-state index in [-0.39, 0.29) is 0 Å². The van der Waals surface area contributed by atoms with E-state index < -0.39 is 0 Å². The summed E-state index contributed by atoms with van der Waals surface area (Å²) in [5, 5.41) is 9.75. The summed E-state index contributed by atoms with van der Waals surface area (Å²) < 4.78 is 2.13. The maximum absolute atomic E-state index is 4.85. The average Bonchev–Trinajstić information content (AvgIpc) is 2.83. The highest BCUT2D eigenvalue weighted by molar-refractivity contribution is 5.81. The lowest BCUT2D eigenvalue weighted by molar-refractivity contribution is 0.414. The molecule has 0 fully saturated rings. The smallest absolute Gasteiger partial charge is 0.0706 e. The second kappa shape index (κ2) is 7.60. The van der Waals surface area contributed by atoms with Gasteiger partial charge in [-0.1, -0.05) is 45.4 Å². The molecule has 0 aliphatic heterocycles. The standard InChI is InChI=1S/C18H29N3/c1-5-9-15(13-19-14(3)4)12-17-16-10-7-8-11-18(16)21(6-2)20-17/h7-8,10-11,14-15,19H,5-6,9,12-13H2,1-4H3. The van der Waals surface area contributed by atoms with Crippen molar-refractivity contribution in [3.05, 3.63) is 30.0 Å². The van der Waals surface area contributed by atoms with Crippen LogP contribution < -0.4 is 5.32 Å². The van der Waals surface area contributed by atoms with Gasteiger partial charge < -0.3 is 5.32 Å². The Balaban J connectivity index is 2.19. The Kier molecular flexibility index (Phi) is 5.80. The van der Waals surface area contributed by atoms with Gasteiger partial charge >= 0.3 is 0 Å². The van der Waals surface area contributed by atoms with E-state index in [2.05, 4.69) is 62.0 Å². The highest BCUT2D eigenvalue weighted by Crippen LogP contribution is 2.22. The molecule has 1 atom stereocenters. The molecule has 1 heterocycles. The molecule has 3 heteroatoms. The van der Waals surface area contributed by atoms with Gasteiger partial charge in [0.2, 0.25) is 0 Å². The predicted molar refractivity (Wildman–Crippen MR) is 90.6 cm³/mol. The van der Waals surface area contributed by atoms with Gasteiger partial charge in [-0.3, -0.25) is 4.68 Å². The lowest BCUT2D eigenvalue weighted by Crippen LogP contribution is -2.30. The molecule has 0 bridgehead atoms. The molecule has 1 unspecified atom stereocenters. The minimum Gasteiger partial charge on any atom is -0.314 e. The molecule has 3 nitrogen and oxygen atoms in total. The molecule has 21 heavy (non-hydrogen) atoms. The van der Waals surface area contributed by atoms with Gasteiger partial charge in [-0.15, -0.1) is 0 Å². The Morgan fingerprint density at radius 3 is 2.62 bits per heavy atom. The largest absolute Gasteiger partial charge is 0.314 e. The monoisotopic (exact) mass is 287 g/mol. The molecule has 2 rings (SSSR count). The van der Waals surface area contributed by atoms with Crippen molar-refractivity contribution in [3.8, 4) is 0 Å². The van der Waals surface area contributed by atoms with E-state index in [1.807, 2.05) is 0 Å². The first-order valence-corrected chi connectivity index (χ1v) is 8.33. The van der Waals surface area contributed by atoms with Gasteiger partial charge in [-0.2, -0.15) is 5.10 Å². The number of hydrogen-bond donors (Lipinski definition) is 1. The number of benzene rings is 1. The Morgan fingerprint density at radius 1 is 1.19 bits per heavy atom. The van der Waals surface area contributed by atoms with E-state index in [4.69, 9.17) is 5.10 Å². The summed E-state index contributed by atoms with van der Waals surface area (Å²) in [6.45, 7) is 10.9. The molecule has 116 valence electrons. The number of para-hydroxylation sites is 1. The molecule has 0 radical (unpaired) electrons. The SMILES string of the molecule is CCCC(CNC(C)C)Cc1nn(CC)c2ccccc12. The minimum atomic E-state index is 0.550. The van der Waals surface area contributed by atoms with Gasteiger partial charge in [0.1, 0.15) is 0 Å². The molecule has 1 aromatic heterocycles. The molecule has 0 aliphatic rings. The molecular weight excluding hydrogens is 258 g/mol. The highest BCUT2D eigenvalue weighted by atomic mass is 15.3. The maximum atomic E-state index is 4.85. The van der Waals surface area contributed by atoms with Crippen LogP contribution in [0, 0.1) is 5.92 Å². The molecule has 0 saturated carbocycles. The fourth-order valence-electron chi connectivity index (χ4n) is 2.95. The molecular formula is C18H29N3. The van der Waals surface area contributed by atoms with Gasteiger partial charge in [0.05, 0.1) is 11.2 Å². The lowest BCUT2D eigenvalue weighted by atomic mass is 9.96. The summed E-state index contributed by atoms with van der Waals surface area (Å²) in [6, 6.07) is 9.16. The third-order valence-electron chi connectivity index (χ3n) is 4.03. The molecule has 0 saturated heterocycles. The lowest BCUT2D eigenvalue weighted by Gasteiger charge is -2.18. The molecule has 0 spiro atoms. The predicted octanol–water partition coefficient (Wildman–Crippen LogP) is 4.01.